The molecule has 5 heteroatoms. The number of carboxylic acids is 1. The van der Waals surface area contributed by atoms with E-state index in [-0.39, 0.29) is 5.91 Å². The number of nitrogens with one attached hydrogen (secondary N) is 1. The number of benzene rings is 1. The van der Waals surface area contributed by atoms with Gasteiger partial charge in [-0.15, -0.1) is 0 Å². The minimum atomic E-state index is -0.996. The summed E-state index contributed by atoms with van der Waals surface area (Å²) in [5.41, 5.74) is 2.39. The van der Waals surface area contributed by atoms with Gasteiger partial charge in [-0.3, -0.25) is 4.79 Å². The number of rotatable bonds is 5. The van der Waals surface area contributed by atoms with Gasteiger partial charge in [-0.2, -0.15) is 11.8 Å². The summed E-state index contributed by atoms with van der Waals surface area (Å²) in [6.07, 6.45) is 4.43. The van der Waals surface area contributed by atoms with E-state index in [4.69, 9.17) is 5.11 Å². The number of carbonyl (C=O) groups excluding carboxylic acids is 1. The molecule has 96 valence electrons. The van der Waals surface area contributed by atoms with E-state index < -0.39 is 5.97 Å². The van der Waals surface area contributed by atoms with Crippen LogP contribution in [0.2, 0.25) is 0 Å². The number of hydrogen-bond acceptors (Lipinski definition) is 3. The zero-order valence-corrected chi connectivity index (χ0v) is 11.1. The molecule has 0 aromatic heterocycles. The number of amides is 1. The first kappa shape index (κ1) is 14.3. The Balaban J connectivity index is 2.87. The molecule has 0 unspecified atom stereocenters. The maximum absolute atomic E-state index is 11.5. The molecule has 18 heavy (non-hydrogen) atoms. The van der Waals surface area contributed by atoms with Gasteiger partial charge in [0.2, 0.25) is 5.91 Å². The van der Waals surface area contributed by atoms with Crippen LogP contribution in [0.3, 0.4) is 0 Å². The maximum atomic E-state index is 11.5. The van der Waals surface area contributed by atoms with Crippen LogP contribution in [0.15, 0.2) is 24.3 Å². The number of aryl methyl sites for hydroxylation is 1. The number of hydrogen-bond donors (Lipinski definition) is 2. The van der Waals surface area contributed by atoms with Crippen LogP contribution in [-0.4, -0.2) is 29.0 Å². The Kier molecular flexibility index (Phi) is 5.45. The van der Waals surface area contributed by atoms with E-state index in [2.05, 4.69) is 5.32 Å². The Labute approximate surface area is 110 Å². The second kappa shape index (κ2) is 6.86. The lowest BCUT2D eigenvalue weighted by molar-refractivity contribution is -0.131. The monoisotopic (exact) mass is 265 g/mol. The summed E-state index contributed by atoms with van der Waals surface area (Å²) in [6.45, 7) is 1.89. The lowest BCUT2D eigenvalue weighted by atomic mass is 10.1. The number of aliphatic carboxylic acids is 1. The van der Waals surface area contributed by atoms with Crippen LogP contribution in [0.25, 0.3) is 6.08 Å². The van der Waals surface area contributed by atoms with Crippen molar-refractivity contribution >= 4 is 35.4 Å². The van der Waals surface area contributed by atoms with Crippen molar-refractivity contribution < 1.29 is 14.7 Å². The van der Waals surface area contributed by atoms with Crippen LogP contribution >= 0.6 is 11.8 Å². The second-order valence-electron chi connectivity index (χ2n) is 3.79. The van der Waals surface area contributed by atoms with Gasteiger partial charge in [0.1, 0.15) is 0 Å². The molecular formula is C13H15NO3S. The SMILES string of the molecule is CSCC(=O)Nc1cc(C)cc(/C=C/C(=O)O)c1. The first-order valence-corrected chi connectivity index (χ1v) is 6.72. The largest absolute Gasteiger partial charge is 0.478 e. The summed E-state index contributed by atoms with van der Waals surface area (Å²) in [6, 6.07) is 5.44. The molecule has 1 aromatic rings. The zero-order valence-electron chi connectivity index (χ0n) is 10.3. The summed E-state index contributed by atoms with van der Waals surface area (Å²) < 4.78 is 0. The average Bonchev–Trinajstić information content (AvgIpc) is 2.25. The fourth-order valence-corrected chi connectivity index (χ4v) is 1.81. The molecular weight excluding hydrogens is 250 g/mol. The van der Waals surface area contributed by atoms with Gasteiger partial charge in [-0.05, 0) is 42.5 Å². The topological polar surface area (TPSA) is 66.4 Å². The highest BCUT2D eigenvalue weighted by Crippen LogP contribution is 2.16. The van der Waals surface area contributed by atoms with E-state index >= 15 is 0 Å². The minimum absolute atomic E-state index is 0.0683. The molecule has 1 amide bonds. The Morgan fingerprint density at radius 3 is 2.72 bits per heavy atom. The molecule has 2 N–H and O–H groups in total. The van der Waals surface area contributed by atoms with Crippen LogP contribution in [0.5, 0.6) is 0 Å². The average molecular weight is 265 g/mol. The summed E-state index contributed by atoms with van der Waals surface area (Å²) in [7, 11) is 0. The Hall–Kier alpha value is -1.75. The standard InChI is InChI=1S/C13H15NO3S/c1-9-5-10(3-4-13(16)17)7-11(6-9)14-12(15)8-18-2/h3-7H,8H2,1-2H3,(H,14,15)(H,16,17)/b4-3+. The molecule has 0 saturated heterocycles. The van der Waals surface area contributed by atoms with E-state index in [1.54, 1.807) is 6.07 Å². The van der Waals surface area contributed by atoms with E-state index in [1.165, 1.54) is 17.8 Å². The summed E-state index contributed by atoms with van der Waals surface area (Å²) >= 11 is 1.45. The molecule has 0 aliphatic rings. The first-order valence-electron chi connectivity index (χ1n) is 5.33. The van der Waals surface area contributed by atoms with Crippen molar-refractivity contribution in [2.45, 2.75) is 6.92 Å². The molecule has 1 rings (SSSR count). The summed E-state index contributed by atoms with van der Waals surface area (Å²) in [4.78, 5) is 21.9. The Morgan fingerprint density at radius 2 is 2.11 bits per heavy atom. The van der Waals surface area contributed by atoms with Gasteiger partial charge < -0.3 is 10.4 Å². The molecule has 0 heterocycles. The number of thioether (sulfide) groups is 1. The Bertz CT molecular complexity index is 483. The number of anilines is 1. The van der Waals surface area contributed by atoms with Crippen molar-refractivity contribution in [3.8, 4) is 0 Å². The van der Waals surface area contributed by atoms with Crippen LogP contribution in [0, 0.1) is 6.92 Å². The fraction of sp³-hybridized carbons (Fsp3) is 0.231. The van der Waals surface area contributed by atoms with Crippen molar-refractivity contribution in [3.63, 3.8) is 0 Å². The van der Waals surface area contributed by atoms with Gasteiger partial charge in [0.15, 0.2) is 0 Å². The predicted molar refractivity (Wildman–Crippen MR) is 74.9 cm³/mol. The quantitative estimate of drug-likeness (QED) is 0.802. The third-order valence-electron chi connectivity index (χ3n) is 2.08. The molecule has 0 fully saturated rings. The van der Waals surface area contributed by atoms with E-state index in [9.17, 15) is 9.59 Å². The molecule has 1 aromatic carbocycles. The van der Waals surface area contributed by atoms with Gasteiger partial charge in [-0.25, -0.2) is 4.79 Å². The zero-order chi connectivity index (χ0) is 13.5. The summed E-state index contributed by atoms with van der Waals surface area (Å²) in [5, 5.41) is 11.3. The van der Waals surface area contributed by atoms with Gasteiger partial charge in [0.25, 0.3) is 0 Å². The molecule has 0 aliphatic carbocycles. The van der Waals surface area contributed by atoms with Crippen LogP contribution < -0.4 is 5.32 Å². The van der Waals surface area contributed by atoms with E-state index in [1.807, 2.05) is 25.3 Å². The van der Waals surface area contributed by atoms with Crippen LogP contribution in [-0.2, 0) is 9.59 Å². The third-order valence-corrected chi connectivity index (χ3v) is 2.63. The van der Waals surface area contributed by atoms with Gasteiger partial charge >= 0.3 is 5.97 Å². The minimum Gasteiger partial charge on any atom is -0.478 e. The molecule has 4 nitrogen and oxygen atoms in total. The second-order valence-corrected chi connectivity index (χ2v) is 4.65. The fourth-order valence-electron chi connectivity index (χ4n) is 1.48. The number of carbonyl (C=O) groups is 2. The maximum Gasteiger partial charge on any atom is 0.328 e. The molecule has 0 atom stereocenters. The predicted octanol–water partition coefficient (Wildman–Crippen LogP) is 2.39. The lowest BCUT2D eigenvalue weighted by Crippen LogP contribution is -2.13. The van der Waals surface area contributed by atoms with Crippen molar-refractivity contribution in [2.24, 2.45) is 0 Å². The normalized spacial score (nSPS) is 10.6. The van der Waals surface area contributed by atoms with E-state index in [0.717, 1.165) is 17.2 Å². The number of carboxylic acid groups (broad SMARTS) is 1. The smallest absolute Gasteiger partial charge is 0.328 e. The van der Waals surface area contributed by atoms with Crippen molar-refractivity contribution in [1.29, 1.82) is 0 Å². The van der Waals surface area contributed by atoms with Crippen molar-refractivity contribution in [3.05, 3.63) is 35.4 Å². The molecule has 0 saturated carbocycles. The van der Waals surface area contributed by atoms with Crippen molar-refractivity contribution in [2.75, 3.05) is 17.3 Å². The lowest BCUT2D eigenvalue weighted by Gasteiger charge is -2.06. The van der Waals surface area contributed by atoms with Crippen LogP contribution in [0.1, 0.15) is 11.1 Å². The highest BCUT2D eigenvalue weighted by Gasteiger charge is 2.02. The molecule has 0 aliphatic heterocycles. The van der Waals surface area contributed by atoms with Gasteiger partial charge in [0.05, 0.1) is 5.75 Å². The molecule has 0 spiro atoms. The Morgan fingerprint density at radius 1 is 1.39 bits per heavy atom. The molecule has 0 bridgehead atoms. The highest BCUT2D eigenvalue weighted by atomic mass is 32.2. The molecule has 0 radical (unpaired) electrons. The van der Waals surface area contributed by atoms with Crippen LogP contribution in [0.4, 0.5) is 5.69 Å². The highest BCUT2D eigenvalue weighted by molar-refractivity contribution is 7.99. The summed E-state index contributed by atoms with van der Waals surface area (Å²) in [5.74, 6) is -0.667. The van der Waals surface area contributed by atoms with Crippen molar-refractivity contribution in [1.82, 2.24) is 0 Å². The first-order chi connectivity index (χ1) is 8.51. The van der Waals surface area contributed by atoms with Gasteiger partial charge in [0, 0.05) is 11.8 Å². The third kappa shape index (κ3) is 5.05. The van der Waals surface area contributed by atoms with E-state index in [0.29, 0.717) is 11.4 Å². The van der Waals surface area contributed by atoms with Gasteiger partial charge in [-0.1, -0.05) is 6.07 Å².